The molecule has 1 fully saturated rings. The summed E-state index contributed by atoms with van der Waals surface area (Å²) < 4.78 is 7.09. The van der Waals surface area contributed by atoms with Crippen LogP contribution in [0.2, 0.25) is 0 Å². The van der Waals surface area contributed by atoms with E-state index in [0.717, 1.165) is 31.4 Å². The Bertz CT molecular complexity index is 338. The predicted octanol–water partition coefficient (Wildman–Crippen LogP) is 2.00. The smallest absolute Gasteiger partial charge is 0.156 e. The third-order valence-corrected chi connectivity index (χ3v) is 3.61. The summed E-state index contributed by atoms with van der Waals surface area (Å²) >= 11 is 0. The summed E-state index contributed by atoms with van der Waals surface area (Å²) in [5.41, 5.74) is 0. The Hall–Kier alpha value is -1.03. The van der Waals surface area contributed by atoms with Crippen molar-refractivity contribution in [2.75, 3.05) is 7.11 Å². The van der Waals surface area contributed by atoms with E-state index in [9.17, 15) is 5.11 Å². The van der Waals surface area contributed by atoms with Crippen LogP contribution in [-0.2, 0) is 0 Å². The summed E-state index contributed by atoms with van der Waals surface area (Å²) in [6.07, 6.45) is 7.43. The van der Waals surface area contributed by atoms with Crippen LogP contribution in [-0.4, -0.2) is 28.1 Å². The topological polar surface area (TPSA) is 47.3 Å². The van der Waals surface area contributed by atoms with Gasteiger partial charge in [0.25, 0.3) is 0 Å². The number of methoxy groups -OCH3 is 1. The Kier molecular flexibility index (Phi) is 3.49. The van der Waals surface area contributed by atoms with Crippen molar-refractivity contribution >= 4 is 0 Å². The Morgan fingerprint density at radius 1 is 1.56 bits per heavy atom. The highest BCUT2D eigenvalue weighted by Crippen LogP contribution is 2.36. The maximum absolute atomic E-state index is 9.75. The number of ether oxygens (including phenoxy) is 1. The zero-order chi connectivity index (χ0) is 11.5. The van der Waals surface area contributed by atoms with Gasteiger partial charge in [-0.25, -0.2) is 0 Å². The second-order valence-electron chi connectivity index (χ2n) is 4.56. The molecule has 1 aromatic heterocycles. The van der Waals surface area contributed by atoms with Gasteiger partial charge < -0.3 is 9.84 Å². The van der Waals surface area contributed by atoms with Gasteiger partial charge in [0.05, 0.1) is 31.6 Å². The van der Waals surface area contributed by atoms with Crippen LogP contribution in [0.1, 0.15) is 38.6 Å². The van der Waals surface area contributed by atoms with E-state index in [1.54, 1.807) is 13.3 Å². The van der Waals surface area contributed by atoms with Crippen molar-refractivity contribution in [3.05, 3.63) is 12.4 Å². The Labute approximate surface area is 96.2 Å². The molecule has 1 aliphatic carbocycles. The van der Waals surface area contributed by atoms with Crippen molar-refractivity contribution in [2.45, 2.75) is 44.8 Å². The molecule has 1 saturated carbocycles. The highest BCUT2D eigenvalue weighted by Gasteiger charge is 2.30. The van der Waals surface area contributed by atoms with Crippen LogP contribution in [0, 0.1) is 5.92 Å². The van der Waals surface area contributed by atoms with E-state index in [0.29, 0.717) is 12.0 Å². The Balaban J connectivity index is 2.15. The minimum atomic E-state index is -0.178. The molecule has 0 spiro atoms. The number of hydrogen-bond donors (Lipinski definition) is 1. The molecule has 90 valence electrons. The Morgan fingerprint density at radius 2 is 2.38 bits per heavy atom. The molecule has 2 rings (SSSR count). The quantitative estimate of drug-likeness (QED) is 0.854. The third-order valence-electron chi connectivity index (χ3n) is 3.61. The standard InChI is InChI=1S/C12H20N2O2/c1-3-9-4-5-10(15)6-12(9)14-8-11(16-2)7-13-14/h7-10,12,15H,3-6H2,1-2H3. The van der Waals surface area contributed by atoms with Crippen LogP contribution in [0.4, 0.5) is 0 Å². The van der Waals surface area contributed by atoms with Crippen molar-refractivity contribution in [2.24, 2.45) is 5.92 Å². The van der Waals surface area contributed by atoms with Crippen LogP contribution >= 0.6 is 0 Å². The number of aromatic nitrogens is 2. The van der Waals surface area contributed by atoms with E-state index in [-0.39, 0.29) is 6.10 Å². The Morgan fingerprint density at radius 3 is 3.00 bits per heavy atom. The maximum atomic E-state index is 9.75. The first-order valence-corrected chi connectivity index (χ1v) is 6.00. The van der Waals surface area contributed by atoms with E-state index in [1.165, 1.54) is 0 Å². The molecule has 1 aliphatic rings. The van der Waals surface area contributed by atoms with E-state index >= 15 is 0 Å². The van der Waals surface area contributed by atoms with Crippen LogP contribution < -0.4 is 4.74 Å². The molecule has 0 bridgehead atoms. The van der Waals surface area contributed by atoms with Gasteiger partial charge in [-0.2, -0.15) is 5.10 Å². The molecule has 3 atom stereocenters. The van der Waals surface area contributed by atoms with E-state index in [1.807, 2.05) is 10.9 Å². The number of rotatable bonds is 3. The summed E-state index contributed by atoms with van der Waals surface area (Å²) in [4.78, 5) is 0. The minimum absolute atomic E-state index is 0.178. The molecule has 1 N–H and O–H groups in total. The second kappa shape index (κ2) is 4.87. The van der Waals surface area contributed by atoms with Crippen molar-refractivity contribution in [1.82, 2.24) is 9.78 Å². The largest absolute Gasteiger partial charge is 0.493 e. The summed E-state index contributed by atoms with van der Waals surface area (Å²) in [5.74, 6) is 1.41. The summed E-state index contributed by atoms with van der Waals surface area (Å²) in [6.45, 7) is 2.20. The summed E-state index contributed by atoms with van der Waals surface area (Å²) in [7, 11) is 1.65. The van der Waals surface area contributed by atoms with Gasteiger partial charge in [0.15, 0.2) is 5.75 Å². The lowest BCUT2D eigenvalue weighted by molar-refractivity contribution is 0.0667. The van der Waals surface area contributed by atoms with Crippen molar-refractivity contribution in [1.29, 1.82) is 0 Å². The molecule has 0 amide bonds. The molecule has 0 radical (unpaired) electrons. The lowest BCUT2D eigenvalue weighted by Gasteiger charge is -2.33. The van der Waals surface area contributed by atoms with E-state index in [2.05, 4.69) is 12.0 Å². The molecule has 3 unspecified atom stereocenters. The van der Waals surface area contributed by atoms with Gasteiger partial charge in [-0.1, -0.05) is 13.3 Å². The van der Waals surface area contributed by atoms with Gasteiger partial charge in [-0.15, -0.1) is 0 Å². The van der Waals surface area contributed by atoms with Gasteiger partial charge in [0.1, 0.15) is 0 Å². The molecular weight excluding hydrogens is 204 g/mol. The van der Waals surface area contributed by atoms with Crippen LogP contribution in [0.25, 0.3) is 0 Å². The molecule has 16 heavy (non-hydrogen) atoms. The molecule has 0 saturated heterocycles. The van der Waals surface area contributed by atoms with Crippen molar-refractivity contribution < 1.29 is 9.84 Å². The molecule has 4 nitrogen and oxygen atoms in total. The molecule has 1 aromatic rings. The average molecular weight is 224 g/mol. The predicted molar refractivity (Wildman–Crippen MR) is 61.5 cm³/mol. The number of hydrogen-bond acceptors (Lipinski definition) is 3. The maximum Gasteiger partial charge on any atom is 0.156 e. The second-order valence-corrected chi connectivity index (χ2v) is 4.56. The van der Waals surface area contributed by atoms with Gasteiger partial charge in [-0.05, 0) is 25.2 Å². The first-order valence-electron chi connectivity index (χ1n) is 6.00. The van der Waals surface area contributed by atoms with Crippen molar-refractivity contribution in [3.8, 4) is 5.75 Å². The van der Waals surface area contributed by atoms with Gasteiger partial charge in [0.2, 0.25) is 0 Å². The van der Waals surface area contributed by atoms with Gasteiger partial charge in [0, 0.05) is 0 Å². The first kappa shape index (κ1) is 11.5. The van der Waals surface area contributed by atoms with E-state index < -0.39 is 0 Å². The highest BCUT2D eigenvalue weighted by atomic mass is 16.5. The fourth-order valence-corrected chi connectivity index (χ4v) is 2.60. The molecule has 0 aromatic carbocycles. The van der Waals surface area contributed by atoms with E-state index in [4.69, 9.17) is 4.74 Å². The fourth-order valence-electron chi connectivity index (χ4n) is 2.60. The molecule has 4 heteroatoms. The number of aliphatic hydroxyl groups excluding tert-OH is 1. The van der Waals surface area contributed by atoms with Gasteiger partial charge >= 0.3 is 0 Å². The number of aliphatic hydroxyl groups is 1. The van der Waals surface area contributed by atoms with Crippen LogP contribution in [0.3, 0.4) is 0 Å². The van der Waals surface area contributed by atoms with Gasteiger partial charge in [-0.3, -0.25) is 4.68 Å². The molecule has 0 aliphatic heterocycles. The SMILES string of the molecule is CCC1CCC(O)CC1n1cc(OC)cn1. The summed E-state index contributed by atoms with van der Waals surface area (Å²) in [5, 5.41) is 14.1. The summed E-state index contributed by atoms with van der Waals surface area (Å²) in [6, 6.07) is 0.317. The average Bonchev–Trinajstić information content (AvgIpc) is 2.77. The molecular formula is C12H20N2O2. The monoisotopic (exact) mass is 224 g/mol. The first-order chi connectivity index (χ1) is 7.74. The zero-order valence-corrected chi connectivity index (χ0v) is 9.97. The van der Waals surface area contributed by atoms with Crippen LogP contribution in [0.15, 0.2) is 12.4 Å². The lowest BCUT2D eigenvalue weighted by atomic mass is 9.81. The minimum Gasteiger partial charge on any atom is -0.493 e. The highest BCUT2D eigenvalue weighted by molar-refractivity contribution is 5.12. The van der Waals surface area contributed by atoms with Crippen LogP contribution in [0.5, 0.6) is 5.75 Å². The zero-order valence-electron chi connectivity index (χ0n) is 9.97. The fraction of sp³-hybridized carbons (Fsp3) is 0.750. The normalized spacial score (nSPS) is 30.3. The third kappa shape index (κ3) is 2.21. The number of nitrogens with zero attached hydrogens (tertiary/aromatic N) is 2. The lowest BCUT2D eigenvalue weighted by Crippen LogP contribution is -2.30. The molecule has 1 heterocycles. The van der Waals surface area contributed by atoms with Crippen molar-refractivity contribution in [3.63, 3.8) is 0 Å².